The molecule has 2 fully saturated rings. The van der Waals surface area contributed by atoms with Crippen LogP contribution in [0.2, 0.25) is 0 Å². The van der Waals surface area contributed by atoms with Gasteiger partial charge in [0.25, 0.3) is 0 Å². The summed E-state index contributed by atoms with van der Waals surface area (Å²) in [6, 6.07) is 0. The lowest BCUT2D eigenvalue weighted by Crippen LogP contribution is -2.32. The Morgan fingerprint density at radius 2 is 1.47 bits per heavy atom. The Kier molecular flexibility index (Phi) is 5.34. The summed E-state index contributed by atoms with van der Waals surface area (Å²) in [5.41, 5.74) is 0.458. The Morgan fingerprint density at radius 3 is 2.00 bits per heavy atom. The summed E-state index contributed by atoms with van der Waals surface area (Å²) in [6.07, 6.45) is 13.2. The molecule has 0 saturated heterocycles. The molecule has 0 aromatic rings. The number of aliphatic hydroxyl groups is 1. The second-order valence-electron chi connectivity index (χ2n) is 8.28. The zero-order valence-electron chi connectivity index (χ0n) is 13.3. The van der Waals surface area contributed by atoms with E-state index < -0.39 is 0 Å². The molecular weight excluding hydrogens is 232 g/mol. The van der Waals surface area contributed by atoms with Gasteiger partial charge in [-0.3, -0.25) is 0 Å². The molecule has 0 aliphatic heterocycles. The van der Waals surface area contributed by atoms with Crippen molar-refractivity contribution in [2.75, 3.05) is 0 Å². The van der Waals surface area contributed by atoms with Crippen LogP contribution < -0.4 is 0 Å². The molecule has 2 aliphatic carbocycles. The molecule has 0 amide bonds. The molecule has 2 aliphatic rings. The lowest BCUT2D eigenvalue weighted by atomic mass is 9.68. The van der Waals surface area contributed by atoms with E-state index in [0.29, 0.717) is 11.3 Å². The molecule has 2 saturated carbocycles. The third kappa shape index (κ3) is 4.48. The minimum atomic E-state index is -0.0102. The molecule has 1 nitrogen and oxygen atoms in total. The van der Waals surface area contributed by atoms with Crippen molar-refractivity contribution >= 4 is 0 Å². The Balaban J connectivity index is 1.74. The Morgan fingerprint density at radius 1 is 0.895 bits per heavy atom. The predicted octanol–water partition coefficient (Wildman–Crippen LogP) is 5.17. The second kappa shape index (κ2) is 6.61. The summed E-state index contributed by atoms with van der Waals surface area (Å²) in [4.78, 5) is 0. The van der Waals surface area contributed by atoms with Gasteiger partial charge in [0.15, 0.2) is 0 Å². The van der Waals surface area contributed by atoms with Crippen LogP contribution in [0, 0.1) is 23.2 Å². The van der Waals surface area contributed by atoms with Crippen molar-refractivity contribution in [2.24, 2.45) is 23.2 Å². The van der Waals surface area contributed by atoms with Crippen molar-refractivity contribution in [3.63, 3.8) is 0 Å². The maximum absolute atomic E-state index is 10.5. The Bertz CT molecular complexity index is 251. The first-order valence-corrected chi connectivity index (χ1v) is 8.65. The largest absolute Gasteiger partial charge is 0.393 e. The third-order valence-corrected chi connectivity index (χ3v) is 5.84. The van der Waals surface area contributed by atoms with Crippen LogP contribution in [0.3, 0.4) is 0 Å². The van der Waals surface area contributed by atoms with Crippen LogP contribution in [0.4, 0.5) is 0 Å². The van der Waals surface area contributed by atoms with E-state index in [0.717, 1.165) is 18.3 Å². The molecule has 19 heavy (non-hydrogen) atoms. The van der Waals surface area contributed by atoms with Gasteiger partial charge in [0.05, 0.1) is 6.10 Å². The highest BCUT2D eigenvalue weighted by Crippen LogP contribution is 2.42. The maximum atomic E-state index is 10.5. The summed E-state index contributed by atoms with van der Waals surface area (Å²) < 4.78 is 0. The molecule has 1 atom stereocenters. The van der Waals surface area contributed by atoms with E-state index in [-0.39, 0.29) is 6.10 Å². The number of aliphatic hydroxyl groups excluding tert-OH is 1. The molecule has 0 radical (unpaired) electrons. The lowest BCUT2D eigenvalue weighted by Gasteiger charge is -2.39. The summed E-state index contributed by atoms with van der Waals surface area (Å²) in [7, 11) is 0. The molecular formula is C18H34O. The van der Waals surface area contributed by atoms with Gasteiger partial charge in [-0.25, -0.2) is 0 Å². The molecule has 1 N–H and O–H groups in total. The molecule has 0 aromatic carbocycles. The quantitative estimate of drug-likeness (QED) is 0.747. The van der Waals surface area contributed by atoms with E-state index in [1.165, 1.54) is 57.8 Å². The fourth-order valence-electron chi connectivity index (χ4n) is 4.33. The summed E-state index contributed by atoms with van der Waals surface area (Å²) in [5, 5.41) is 10.5. The standard InChI is InChI=1S/C18H34O/c1-18(2,3)16-11-9-15(10-12-16)17(19)13-14-7-5-4-6-8-14/h14-17,19H,4-13H2,1-3H3. The van der Waals surface area contributed by atoms with Gasteiger partial charge < -0.3 is 5.11 Å². The van der Waals surface area contributed by atoms with Gasteiger partial charge >= 0.3 is 0 Å². The van der Waals surface area contributed by atoms with E-state index in [1.54, 1.807) is 0 Å². The van der Waals surface area contributed by atoms with Crippen LogP contribution in [0.15, 0.2) is 0 Å². The van der Waals surface area contributed by atoms with Crippen LogP contribution in [-0.2, 0) is 0 Å². The van der Waals surface area contributed by atoms with E-state index in [2.05, 4.69) is 20.8 Å². The molecule has 0 heterocycles. The van der Waals surface area contributed by atoms with Crippen LogP contribution in [-0.4, -0.2) is 11.2 Å². The van der Waals surface area contributed by atoms with Crippen LogP contribution in [0.25, 0.3) is 0 Å². The van der Waals surface area contributed by atoms with E-state index >= 15 is 0 Å². The Labute approximate surface area is 120 Å². The van der Waals surface area contributed by atoms with Gasteiger partial charge in [0, 0.05) is 0 Å². The average Bonchev–Trinajstić information content (AvgIpc) is 2.39. The van der Waals surface area contributed by atoms with Gasteiger partial charge in [0.2, 0.25) is 0 Å². The molecule has 1 unspecified atom stereocenters. The van der Waals surface area contributed by atoms with Gasteiger partial charge in [-0.15, -0.1) is 0 Å². The SMILES string of the molecule is CC(C)(C)C1CCC(C(O)CC2CCCCC2)CC1. The van der Waals surface area contributed by atoms with Gasteiger partial charge in [-0.2, -0.15) is 0 Å². The first-order valence-electron chi connectivity index (χ1n) is 8.65. The van der Waals surface area contributed by atoms with E-state index in [4.69, 9.17) is 0 Å². The van der Waals surface area contributed by atoms with E-state index in [9.17, 15) is 5.11 Å². The van der Waals surface area contributed by atoms with Crippen molar-refractivity contribution in [1.82, 2.24) is 0 Å². The number of hydrogen-bond acceptors (Lipinski definition) is 1. The van der Waals surface area contributed by atoms with Crippen molar-refractivity contribution < 1.29 is 5.11 Å². The molecule has 1 heteroatoms. The van der Waals surface area contributed by atoms with Gasteiger partial charge in [-0.1, -0.05) is 52.9 Å². The number of rotatable bonds is 3. The molecule has 112 valence electrons. The summed E-state index contributed by atoms with van der Waals surface area (Å²) >= 11 is 0. The normalized spacial score (nSPS) is 32.2. The zero-order valence-corrected chi connectivity index (χ0v) is 13.3. The van der Waals surface area contributed by atoms with Gasteiger partial charge in [-0.05, 0) is 55.3 Å². The first kappa shape index (κ1) is 15.4. The molecule has 0 bridgehead atoms. The zero-order chi connectivity index (χ0) is 13.9. The van der Waals surface area contributed by atoms with Crippen LogP contribution in [0.5, 0.6) is 0 Å². The summed E-state index contributed by atoms with van der Waals surface area (Å²) in [5.74, 6) is 2.29. The predicted molar refractivity (Wildman–Crippen MR) is 82.1 cm³/mol. The van der Waals surface area contributed by atoms with Crippen molar-refractivity contribution in [2.45, 2.75) is 91.1 Å². The smallest absolute Gasteiger partial charge is 0.0571 e. The van der Waals surface area contributed by atoms with Crippen LogP contribution in [0.1, 0.15) is 85.0 Å². The fraction of sp³-hybridized carbons (Fsp3) is 1.00. The Hall–Kier alpha value is -0.0400. The highest BCUT2D eigenvalue weighted by molar-refractivity contribution is 4.84. The van der Waals surface area contributed by atoms with Crippen molar-refractivity contribution in [3.05, 3.63) is 0 Å². The topological polar surface area (TPSA) is 20.2 Å². The maximum Gasteiger partial charge on any atom is 0.0571 e. The van der Waals surface area contributed by atoms with Crippen LogP contribution >= 0.6 is 0 Å². The highest BCUT2D eigenvalue weighted by atomic mass is 16.3. The molecule has 2 rings (SSSR count). The van der Waals surface area contributed by atoms with E-state index in [1.807, 2.05) is 0 Å². The monoisotopic (exact) mass is 266 g/mol. The number of hydrogen-bond donors (Lipinski definition) is 1. The molecule has 0 aromatic heterocycles. The van der Waals surface area contributed by atoms with Gasteiger partial charge in [0.1, 0.15) is 0 Å². The first-order chi connectivity index (χ1) is 8.97. The summed E-state index contributed by atoms with van der Waals surface area (Å²) in [6.45, 7) is 7.11. The minimum absolute atomic E-state index is 0.0102. The minimum Gasteiger partial charge on any atom is -0.393 e. The second-order valence-corrected chi connectivity index (χ2v) is 8.28. The fourth-order valence-corrected chi connectivity index (χ4v) is 4.33. The average molecular weight is 266 g/mol. The van der Waals surface area contributed by atoms with Crippen molar-refractivity contribution in [3.8, 4) is 0 Å². The molecule has 0 spiro atoms. The third-order valence-electron chi connectivity index (χ3n) is 5.84. The lowest BCUT2D eigenvalue weighted by molar-refractivity contribution is 0.0335. The highest BCUT2D eigenvalue weighted by Gasteiger charge is 2.33. The van der Waals surface area contributed by atoms with Crippen molar-refractivity contribution in [1.29, 1.82) is 0 Å².